The highest BCUT2D eigenvalue weighted by molar-refractivity contribution is 5.89. The van der Waals surface area contributed by atoms with Crippen LogP contribution in [0.4, 0.5) is 0 Å². The first-order chi connectivity index (χ1) is 27.8. The maximum atomic E-state index is 13.8. The summed E-state index contributed by atoms with van der Waals surface area (Å²) in [4.78, 5) is 42.2. The Kier molecular flexibility index (Phi) is 14.9. The number of amides is 3. The zero-order valence-corrected chi connectivity index (χ0v) is 32.0. The topological polar surface area (TPSA) is 140 Å². The lowest BCUT2D eigenvalue weighted by Crippen LogP contribution is -2.63. The van der Waals surface area contributed by atoms with Crippen molar-refractivity contribution in [2.75, 3.05) is 26.7 Å². The number of ether oxygens (including phenoxy) is 1. The number of carbonyl (C=O) groups is 3. The minimum absolute atomic E-state index is 0.0880. The minimum atomic E-state index is -0.458. The van der Waals surface area contributed by atoms with Crippen LogP contribution in [0.15, 0.2) is 132 Å². The molecule has 6 aromatic rings. The number of aromatic hydroxyl groups is 1. The Bertz CT molecular complexity index is 2200. The van der Waals surface area contributed by atoms with Gasteiger partial charge >= 0.3 is 0 Å². The molecule has 0 saturated carbocycles. The molecular weight excluding hydrogens is 721 g/mol. The van der Waals surface area contributed by atoms with Crippen LogP contribution in [-0.2, 0) is 34.0 Å². The molecule has 0 bridgehead atoms. The monoisotopic (exact) mass is 766 g/mol. The summed E-state index contributed by atoms with van der Waals surface area (Å²) < 4.78 is 10.8. The molecule has 1 atom stereocenters. The van der Waals surface area contributed by atoms with Gasteiger partial charge in [0.25, 0.3) is 0 Å². The first-order valence-corrected chi connectivity index (χ1v) is 18.2. The third-order valence-corrected chi connectivity index (χ3v) is 9.26. The average molecular weight is 767 g/mol. The molecule has 3 N–H and O–H groups in total. The predicted octanol–water partition coefficient (Wildman–Crippen LogP) is 5.90. The summed E-state index contributed by atoms with van der Waals surface area (Å²) in [5.74, 6) is 1.03. The molecule has 1 aliphatic heterocycles. The summed E-state index contributed by atoms with van der Waals surface area (Å²) in [6.45, 7) is 3.02. The van der Waals surface area contributed by atoms with E-state index in [0.717, 1.165) is 33.2 Å². The first kappa shape index (κ1) is 41.2. The Balaban J connectivity index is 0.000000547. The van der Waals surface area contributed by atoms with E-state index in [1.54, 1.807) is 35.1 Å². The molecule has 0 spiro atoms. The van der Waals surface area contributed by atoms with Crippen molar-refractivity contribution in [3.05, 3.63) is 150 Å². The van der Waals surface area contributed by atoms with Gasteiger partial charge < -0.3 is 24.2 Å². The molecule has 1 saturated heterocycles. The standard InChI is InChI=1S/C36H36N6O5.C7H8O.C2H2/c1-46-30-16-14-28(15-17-30)33-18-31(47-39-33)21-41(38-25-43)23-36(45)42-24-35(44)40(22-34(42)37-19-26-8-3-2-4-9-26)20-29-12-7-11-27-10-5-6-13-32(27)29;1-6-2-4-7(8)5-3-6;1-2/h2-18,25,34,37H,19-24H2,1H3,(H,38,43);2-5,8H,1H3;1-2H. The van der Waals surface area contributed by atoms with E-state index in [1.807, 2.05) is 97.9 Å². The summed E-state index contributed by atoms with van der Waals surface area (Å²) in [7, 11) is 1.60. The van der Waals surface area contributed by atoms with Gasteiger partial charge in [-0.2, -0.15) is 0 Å². The molecule has 0 radical (unpaired) electrons. The van der Waals surface area contributed by atoms with Gasteiger partial charge in [0.15, 0.2) is 5.76 Å². The van der Waals surface area contributed by atoms with Gasteiger partial charge in [0.1, 0.15) is 29.9 Å². The van der Waals surface area contributed by atoms with Crippen molar-refractivity contribution >= 4 is 29.0 Å². The molecule has 12 heteroatoms. The Morgan fingerprint density at radius 2 is 1.67 bits per heavy atom. The van der Waals surface area contributed by atoms with Gasteiger partial charge in [-0.3, -0.25) is 25.1 Å². The van der Waals surface area contributed by atoms with Crippen molar-refractivity contribution in [1.29, 1.82) is 0 Å². The number of hydrazine groups is 1. The fourth-order valence-corrected chi connectivity index (χ4v) is 6.32. The quantitative estimate of drug-likeness (QED) is 0.0745. The smallest absolute Gasteiger partial charge is 0.242 e. The number of phenols is 1. The number of phenolic OH excluding ortho intramolecular Hbond substituents is 1. The largest absolute Gasteiger partial charge is 0.508 e. The number of hydrogen-bond acceptors (Lipinski definition) is 9. The molecule has 12 nitrogen and oxygen atoms in total. The van der Waals surface area contributed by atoms with Crippen molar-refractivity contribution in [2.45, 2.75) is 32.7 Å². The van der Waals surface area contributed by atoms with E-state index < -0.39 is 6.17 Å². The van der Waals surface area contributed by atoms with Gasteiger partial charge in [0, 0.05) is 24.7 Å². The van der Waals surface area contributed by atoms with Gasteiger partial charge in [0.2, 0.25) is 18.2 Å². The second kappa shape index (κ2) is 20.7. The lowest BCUT2D eigenvalue weighted by atomic mass is 10.0. The first-order valence-electron chi connectivity index (χ1n) is 18.2. The van der Waals surface area contributed by atoms with E-state index in [9.17, 15) is 14.4 Å². The lowest BCUT2D eigenvalue weighted by molar-refractivity contribution is -0.152. The van der Waals surface area contributed by atoms with Gasteiger partial charge in [-0.15, -0.1) is 12.8 Å². The van der Waals surface area contributed by atoms with Crippen LogP contribution in [0.2, 0.25) is 0 Å². The third-order valence-electron chi connectivity index (χ3n) is 9.26. The van der Waals surface area contributed by atoms with E-state index in [0.29, 0.717) is 43.2 Å². The number of terminal acetylenes is 1. The molecule has 3 amide bonds. The third kappa shape index (κ3) is 11.5. The second-order valence-electron chi connectivity index (χ2n) is 13.2. The van der Waals surface area contributed by atoms with Gasteiger partial charge in [-0.1, -0.05) is 95.6 Å². The van der Waals surface area contributed by atoms with Crippen molar-refractivity contribution in [2.24, 2.45) is 0 Å². The number of piperazine rings is 1. The Morgan fingerprint density at radius 1 is 0.965 bits per heavy atom. The molecule has 1 aliphatic rings. The lowest BCUT2D eigenvalue weighted by Gasteiger charge is -2.42. The number of methoxy groups -OCH3 is 1. The molecule has 7 rings (SSSR count). The zero-order valence-electron chi connectivity index (χ0n) is 32.0. The highest BCUT2D eigenvalue weighted by atomic mass is 16.5. The minimum Gasteiger partial charge on any atom is -0.508 e. The summed E-state index contributed by atoms with van der Waals surface area (Å²) in [6.07, 6.45) is 8.05. The summed E-state index contributed by atoms with van der Waals surface area (Å²) in [5.41, 5.74) is 7.30. The number of nitrogens with one attached hydrogen (secondary N) is 2. The van der Waals surface area contributed by atoms with E-state index in [4.69, 9.17) is 14.4 Å². The predicted molar refractivity (Wildman–Crippen MR) is 219 cm³/mol. The highest BCUT2D eigenvalue weighted by Gasteiger charge is 2.35. The Morgan fingerprint density at radius 3 is 2.37 bits per heavy atom. The summed E-state index contributed by atoms with van der Waals surface area (Å²) in [6, 6.07) is 40.3. The maximum absolute atomic E-state index is 13.8. The van der Waals surface area contributed by atoms with Crippen molar-refractivity contribution < 1.29 is 28.8 Å². The SMILES string of the molecule is C#C.COc1ccc(-c2cc(CN(CC(=O)N3CC(=O)N(Cc4cccc5ccccc45)CC3NCc3ccccc3)NC=O)on2)cc1.Cc1ccc(O)cc1. The van der Waals surface area contributed by atoms with Crippen LogP contribution in [0.25, 0.3) is 22.0 Å². The second-order valence-corrected chi connectivity index (χ2v) is 13.2. The summed E-state index contributed by atoms with van der Waals surface area (Å²) in [5, 5.41) is 20.0. The van der Waals surface area contributed by atoms with E-state index >= 15 is 0 Å². The van der Waals surface area contributed by atoms with Gasteiger partial charge in [0.05, 0.1) is 26.7 Å². The number of benzene rings is 5. The molecule has 2 heterocycles. The molecular formula is C45H46N6O6. The zero-order chi connectivity index (χ0) is 40.6. The van der Waals surface area contributed by atoms with E-state index in [1.165, 1.54) is 10.6 Å². The molecule has 1 aromatic heterocycles. The van der Waals surface area contributed by atoms with E-state index in [-0.39, 0.29) is 31.4 Å². The van der Waals surface area contributed by atoms with Crippen molar-refractivity contribution in [3.8, 4) is 35.6 Å². The number of carbonyl (C=O) groups excluding carboxylic acids is 3. The van der Waals surface area contributed by atoms with Crippen LogP contribution in [0.5, 0.6) is 11.5 Å². The van der Waals surface area contributed by atoms with Crippen LogP contribution in [0.3, 0.4) is 0 Å². The van der Waals surface area contributed by atoms with Crippen molar-refractivity contribution in [1.82, 2.24) is 30.7 Å². The van der Waals surface area contributed by atoms with Crippen LogP contribution < -0.4 is 15.5 Å². The molecule has 5 aromatic carbocycles. The van der Waals surface area contributed by atoms with E-state index in [2.05, 4.69) is 46.9 Å². The fraction of sp³-hybridized carbons (Fsp3) is 0.200. The number of aromatic nitrogens is 1. The Hall–Kier alpha value is -6.94. The average Bonchev–Trinajstić information content (AvgIpc) is 3.72. The molecule has 1 unspecified atom stereocenters. The number of rotatable bonds is 13. The van der Waals surface area contributed by atoms with Crippen molar-refractivity contribution in [3.63, 3.8) is 0 Å². The van der Waals surface area contributed by atoms with Gasteiger partial charge in [-0.25, -0.2) is 5.01 Å². The fourth-order valence-electron chi connectivity index (χ4n) is 6.32. The normalized spacial score (nSPS) is 13.6. The molecule has 1 fully saturated rings. The van der Waals surface area contributed by atoms with Crippen LogP contribution >= 0.6 is 0 Å². The highest BCUT2D eigenvalue weighted by Crippen LogP contribution is 2.24. The van der Waals surface area contributed by atoms with Crippen LogP contribution in [-0.4, -0.2) is 76.2 Å². The number of fused-ring (bicyclic) bond motifs is 1. The number of nitrogens with zero attached hydrogens (tertiary/aromatic N) is 4. The number of aryl methyl sites for hydroxylation is 1. The van der Waals surface area contributed by atoms with Crippen LogP contribution in [0.1, 0.15) is 22.5 Å². The number of hydrogen-bond donors (Lipinski definition) is 3. The molecule has 57 heavy (non-hydrogen) atoms. The molecule has 292 valence electrons. The van der Waals surface area contributed by atoms with Crippen LogP contribution in [0, 0.1) is 19.8 Å². The summed E-state index contributed by atoms with van der Waals surface area (Å²) >= 11 is 0. The maximum Gasteiger partial charge on any atom is 0.242 e. The Labute approximate surface area is 332 Å². The van der Waals surface area contributed by atoms with Gasteiger partial charge in [-0.05, 0) is 65.2 Å². The molecule has 0 aliphatic carbocycles.